The molecule has 0 saturated carbocycles. The van der Waals surface area contributed by atoms with Gasteiger partial charge in [0, 0.05) is 31.4 Å². The van der Waals surface area contributed by atoms with Crippen molar-refractivity contribution < 1.29 is 4.79 Å². The van der Waals surface area contributed by atoms with E-state index in [0.717, 1.165) is 19.5 Å². The zero-order valence-corrected chi connectivity index (χ0v) is 10.9. The monoisotopic (exact) mass is 248 g/mol. The topological polar surface area (TPSA) is 57.3 Å². The molecule has 1 fully saturated rings. The van der Waals surface area contributed by atoms with Crippen molar-refractivity contribution in [2.24, 2.45) is 0 Å². The first-order chi connectivity index (χ1) is 8.65. The van der Waals surface area contributed by atoms with Crippen LogP contribution in [0, 0.1) is 0 Å². The molecule has 18 heavy (non-hydrogen) atoms. The third-order valence-corrected chi connectivity index (χ3v) is 3.19. The van der Waals surface area contributed by atoms with Crippen LogP contribution in [0.25, 0.3) is 0 Å². The number of carbonyl (C=O) groups excluding carboxylic acids is 1. The second-order valence-electron chi connectivity index (χ2n) is 4.89. The number of urea groups is 1. The van der Waals surface area contributed by atoms with Gasteiger partial charge in [0.2, 0.25) is 0 Å². The summed E-state index contributed by atoms with van der Waals surface area (Å²) >= 11 is 0. The highest BCUT2D eigenvalue weighted by atomic mass is 16.2. The fourth-order valence-electron chi connectivity index (χ4n) is 2.15. The Morgan fingerprint density at radius 1 is 1.50 bits per heavy atom. The third kappa shape index (κ3) is 3.43. The molecule has 2 amide bonds. The van der Waals surface area contributed by atoms with Crippen LogP contribution >= 0.6 is 0 Å². The molecule has 1 atom stereocenters. The second-order valence-corrected chi connectivity index (χ2v) is 4.89. The van der Waals surface area contributed by atoms with Crippen LogP contribution in [-0.2, 0) is 0 Å². The lowest BCUT2D eigenvalue weighted by Gasteiger charge is -2.20. The van der Waals surface area contributed by atoms with E-state index in [1.54, 1.807) is 12.3 Å². The van der Waals surface area contributed by atoms with Gasteiger partial charge >= 0.3 is 6.03 Å². The van der Waals surface area contributed by atoms with Gasteiger partial charge < -0.3 is 5.32 Å². The molecule has 5 nitrogen and oxygen atoms in total. The minimum Gasteiger partial charge on any atom is -0.334 e. The first kappa shape index (κ1) is 12.8. The summed E-state index contributed by atoms with van der Waals surface area (Å²) in [5.74, 6) is 0.578. The summed E-state index contributed by atoms with van der Waals surface area (Å²) in [5.41, 5.74) is 0. The molecule has 0 radical (unpaired) electrons. The largest absolute Gasteiger partial charge is 0.334 e. The molecule has 1 saturated heterocycles. The Morgan fingerprint density at radius 3 is 2.94 bits per heavy atom. The van der Waals surface area contributed by atoms with E-state index in [-0.39, 0.29) is 12.1 Å². The lowest BCUT2D eigenvalue weighted by atomic mass is 10.3. The highest BCUT2D eigenvalue weighted by Crippen LogP contribution is 2.12. The molecule has 1 unspecified atom stereocenters. The van der Waals surface area contributed by atoms with Crippen LogP contribution < -0.4 is 10.6 Å². The predicted molar refractivity (Wildman–Crippen MR) is 71.5 cm³/mol. The molecule has 2 rings (SSSR count). The van der Waals surface area contributed by atoms with Crippen LogP contribution in [0.15, 0.2) is 24.4 Å². The molecular weight excluding hydrogens is 228 g/mol. The maximum atomic E-state index is 11.8. The van der Waals surface area contributed by atoms with Gasteiger partial charge in [-0.15, -0.1) is 0 Å². The zero-order chi connectivity index (χ0) is 13.0. The van der Waals surface area contributed by atoms with E-state index in [4.69, 9.17) is 0 Å². The van der Waals surface area contributed by atoms with Gasteiger partial charge in [-0.2, -0.15) is 0 Å². The van der Waals surface area contributed by atoms with Crippen molar-refractivity contribution in [1.82, 2.24) is 15.2 Å². The Kier molecular flexibility index (Phi) is 4.15. The van der Waals surface area contributed by atoms with Crippen molar-refractivity contribution in [2.45, 2.75) is 32.4 Å². The predicted octanol–water partition coefficient (Wildman–Crippen LogP) is 1.69. The Balaban J connectivity index is 1.79. The molecule has 0 aliphatic carbocycles. The molecule has 5 heteroatoms. The minimum atomic E-state index is -0.177. The van der Waals surface area contributed by atoms with Gasteiger partial charge in [0.25, 0.3) is 0 Å². The van der Waals surface area contributed by atoms with E-state index in [1.807, 2.05) is 12.1 Å². The maximum Gasteiger partial charge on any atom is 0.320 e. The van der Waals surface area contributed by atoms with E-state index in [2.05, 4.69) is 34.4 Å². The summed E-state index contributed by atoms with van der Waals surface area (Å²) in [6, 6.07) is 6.03. The summed E-state index contributed by atoms with van der Waals surface area (Å²) in [6.07, 6.45) is 2.67. The smallest absolute Gasteiger partial charge is 0.320 e. The first-order valence-electron chi connectivity index (χ1n) is 6.38. The second kappa shape index (κ2) is 5.82. The number of nitrogens with zero attached hydrogens (tertiary/aromatic N) is 2. The van der Waals surface area contributed by atoms with Gasteiger partial charge in [-0.1, -0.05) is 6.07 Å². The molecule has 98 valence electrons. The Hall–Kier alpha value is -1.62. The van der Waals surface area contributed by atoms with Gasteiger partial charge in [0.05, 0.1) is 0 Å². The van der Waals surface area contributed by atoms with Crippen LogP contribution in [0.3, 0.4) is 0 Å². The molecule has 2 N–H and O–H groups in total. The number of rotatable bonds is 3. The van der Waals surface area contributed by atoms with Crippen molar-refractivity contribution in [3.05, 3.63) is 24.4 Å². The zero-order valence-electron chi connectivity index (χ0n) is 10.9. The van der Waals surface area contributed by atoms with Gasteiger partial charge in [-0.05, 0) is 32.4 Å². The van der Waals surface area contributed by atoms with Crippen LogP contribution in [-0.4, -0.2) is 41.1 Å². The molecule has 2 heterocycles. The number of nitrogens with one attached hydrogen (secondary N) is 2. The number of pyridine rings is 1. The summed E-state index contributed by atoms with van der Waals surface area (Å²) in [6.45, 7) is 6.33. The number of hydrogen-bond donors (Lipinski definition) is 2. The third-order valence-electron chi connectivity index (χ3n) is 3.19. The number of hydrogen-bond acceptors (Lipinski definition) is 3. The Morgan fingerprint density at radius 2 is 2.33 bits per heavy atom. The first-order valence-corrected chi connectivity index (χ1v) is 6.38. The van der Waals surface area contributed by atoms with Gasteiger partial charge in [0.1, 0.15) is 5.82 Å². The van der Waals surface area contributed by atoms with Crippen LogP contribution in [0.2, 0.25) is 0 Å². The van der Waals surface area contributed by atoms with Crippen molar-refractivity contribution in [2.75, 3.05) is 18.4 Å². The van der Waals surface area contributed by atoms with E-state index < -0.39 is 0 Å². The molecular formula is C13H20N4O. The molecule has 1 aliphatic rings. The quantitative estimate of drug-likeness (QED) is 0.855. The number of carbonyl (C=O) groups is 1. The average molecular weight is 248 g/mol. The number of anilines is 1. The van der Waals surface area contributed by atoms with Crippen molar-refractivity contribution in [3.8, 4) is 0 Å². The highest BCUT2D eigenvalue weighted by Gasteiger charge is 2.25. The van der Waals surface area contributed by atoms with E-state index in [9.17, 15) is 4.79 Å². The molecule has 0 aromatic carbocycles. The fourth-order valence-corrected chi connectivity index (χ4v) is 2.15. The highest BCUT2D eigenvalue weighted by molar-refractivity contribution is 5.88. The SMILES string of the molecule is CC(C)N1CCC(NC(=O)Nc2ccccn2)C1. The van der Waals surface area contributed by atoms with E-state index >= 15 is 0 Å². The maximum absolute atomic E-state index is 11.8. The molecule has 1 aromatic heterocycles. The summed E-state index contributed by atoms with van der Waals surface area (Å²) < 4.78 is 0. The van der Waals surface area contributed by atoms with Crippen molar-refractivity contribution in [3.63, 3.8) is 0 Å². The lowest BCUT2D eigenvalue weighted by Crippen LogP contribution is -2.40. The van der Waals surface area contributed by atoms with Gasteiger partial charge in [0.15, 0.2) is 0 Å². The van der Waals surface area contributed by atoms with Crippen molar-refractivity contribution >= 4 is 11.8 Å². The van der Waals surface area contributed by atoms with E-state index in [0.29, 0.717) is 11.9 Å². The van der Waals surface area contributed by atoms with Crippen LogP contribution in [0.4, 0.5) is 10.6 Å². The average Bonchev–Trinajstić information content (AvgIpc) is 2.78. The molecule has 0 spiro atoms. The minimum absolute atomic E-state index is 0.177. The summed E-state index contributed by atoms with van der Waals surface area (Å²) in [5, 5.41) is 5.71. The Bertz CT molecular complexity index is 393. The molecule has 1 aliphatic heterocycles. The summed E-state index contributed by atoms with van der Waals surface area (Å²) in [7, 11) is 0. The van der Waals surface area contributed by atoms with E-state index in [1.165, 1.54) is 0 Å². The molecule has 0 bridgehead atoms. The number of aromatic nitrogens is 1. The summed E-state index contributed by atoms with van der Waals surface area (Å²) in [4.78, 5) is 18.2. The normalized spacial score (nSPS) is 20.1. The Labute approximate surface area is 108 Å². The fraction of sp³-hybridized carbons (Fsp3) is 0.538. The lowest BCUT2D eigenvalue weighted by molar-refractivity contribution is 0.244. The number of amides is 2. The van der Waals surface area contributed by atoms with Crippen LogP contribution in [0.5, 0.6) is 0 Å². The van der Waals surface area contributed by atoms with Crippen LogP contribution in [0.1, 0.15) is 20.3 Å². The van der Waals surface area contributed by atoms with Crippen molar-refractivity contribution in [1.29, 1.82) is 0 Å². The number of likely N-dealkylation sites (tertiary alicyclic amines) is 1. The van der Waals surface area contributed by atoms with Gasteiger partial charge in [-0.25, -0.2) is 9.78 Å². The molecule has 1 aromatic rings. The standard InChI is InChI=1S/C13H20N4O/c1-10(2)17-8-6-11(9-17)15-13(18)16-12-5-3-4-7-14-12/h3-5,7,10-11H,6,8-9H2,1-2H3,(H2,14,15,16,18). The van der Waals surface area contributed by atoms with Gasteiger partial charge in [-0.3, -0.25) is 10.2 Å².